The van der Waals surface area contributed by atoms with Crippen molar-refractivity contribution in [2.45, 2.75) is 44.8 Å². The molecule has 0 bridgehead atoms. The predicted octanol–water partition coefficient (Wildman–Crippen LogP) is 2.73. The van der Waals surface area contributed by atoms with Crippen LogP contribution in [0, 0.1) is 13.8 Å². The van der Waals surface area contributed by atoms with Crippen LogP contribution in [0.5, 0.6) is 0 Å². The summed E-state index contributed by atoms with van der Waals surface area (Å²) in [7, 11) is 0. The second kappa shape index (κ2) is 4.32. The molecule has 2 fully saturated rings. The average Bonchev–Trinajstić information content (AvgIpc) is 2.86. The van der Waals surface area contributed by atoms with Crippen LogP contribution >= 0.6 is 11.8 Å². The van der Waals surface area contributed by atoms with Crippen molar-refractivity contribution in [1.82, 2.24) is 9.78 Å². The molecular formula is C13H20N2OS. The lowest BCUT2D eigenvalue weighted by Crippen LogP contribution is -2.41. The third-order valence-electron chi connectivity index (χ3n) is 3.92. The van der Waals surface area contributed by atoms with E-state index in [4.69, 9.17) is 4.74 Å². The zero-order valence-electron chi connectivity index (χ0n) is 10.6. The van der Waals surface area contributed by atoms with Crippen LogP contribution in [0.2, 0.25) is 0 Å². The molecule has 1 aromatic rings. The molecule has 0 N–H and O–H groups in total. The van der Waals surface area contributed by atoms with Crippen molar-refractivity contribution in [2.24, 2.45) is 0 Å². The summed E-state index contributed by atoms with van der Waals surface area (Å²) in [4.78, 5) is 0. The van der Waals surface area contributed by atoms with Crippen molar-refractivity contribution in [3.05, 3.63) is 17.5 Å². The van der Waals surface area contributed by atoms with Gasteiger partial charge in [-0.05, 0) is 44.9 Å². The number of hydrogen-bond acceptors (Lipinski definition) is 3. The van der Waals surface area contributed by atoms with Gasteiger partial charge in [0.1, 0.15) is 0 Å². The van der Waals surface area contributed by atoms with Crippen molar-refractivity contribution in [3.8, 4) is 0 Å². The Labute approximate surface area is 107 Å². The highest BCUT2D eigenvalue weighted by Gasteiger charge is 2.41. The number of nitrogens with zero attached hydrogens (tertiary/aromatic N) is 2. The van der Waals surface area contributed by atoms with Gasteiger partial charge in [-0.1, -0.05) is 0 Å². The second-order valence-corrected chi connectivity index (χ2v) is 6.46. The lowest BCUT2D eigenvalue weighted by atomic mass is 9.90. The van der Waals surface area contributed by atoms with Crippen molar-refractivity contribution >= 4 is 11.8 Å². The molecule has 94 valence electrons. The summed E-state index contributed by atoms with van der Waals surface area (Å²) in [6.45, 7) is 5.12. The lowest BCUT2D eigenvalue weighted by Gasteiger charge is -2.38. The van der Waals surface area contributed by atoms with Crippen LogP contribution in [-0.4, -0.2) is 33.5 Å². The molecule has 2 unspecified atom stereocenters. The summed E-state index contributed by atoms with van der Waals surface area (Å²) in [6, 6.07) is 2.71. The van der Waals surface area contributed by atoms with Crippen LogP contribution in [0.4, 0.5) is 0 Å². The van der Waals surface area contributed by atoms with Crippen LogP contribution in [0.15, 0.2) is 6.07 Å². The molecule has 2 aliphatic rings. The Morgan fingerprint density at radius 2 is 2.41 bits per heavy atom. The summed E-state index contributed by atoms with van der Waals surface area (Å²) in [5, 5.41) is 4.64. The Kier molecular flexibility index (Phi) is 2.95. The Bertz CT molecular complexity index is 410. The maximum Gasteiger partial charge on any atom is 0.0800 e. The van der Waals surface area contributed by atoms with Gasteiger partial charge in [0.05, 0.1) is 17.3 Å². The quantitative estimate of drug-likeness (QED) is 0.769. The van der Waals surface area contributed by atoms with Gasteiger partial charge in [-0.25, -0.2) is 0 Å². The van der Waals surface area contributed by atoms with Gasteiger partial charge >= 0.3 is 0 Å². The standard InChI is InChI=1S/C13H20N2OS/c1-10-7-11(2)15(14-10)12-3-5-16-13(8-12)4-6-17-9-13/h7,12H,3-6,8-9H2,1-2H3. The first-order valence-corrected chi connectivity index (χ1v) is 7.58. The first kappa shape index (κ1) is 11.6. The normalized spacial score (nSPS) is 33.4. The van der Waals surface area contributed by atoms with E-state index in [-0.39, 0.29) is 5.60 Å². The summed E-state index contributed by atoms with van der Waals surface area (Å²) in [5.41, 5.74) is 2.57. The van der Waals surface area contributed by atoms with E-state index in [9.17, 15) is 0 Å². The third kappa shape index (κ3) is 2.13. The molecule has 2 aliphatic heterocycles. The number of rotatable bonds is 1. The molecule has 3 heterocycles. The number of thioether (sulfide) groups is 1. The van der Waals surface area contributed by atoms with E-state index >= 15 is 0 Å². The largest absolute Gasteiger partial charge is 0.374 e. The van der Waals surface area contributed by atoms with Gasteiger partial charge in [-0.3, -0.25) is 4.68 Å². The fourth-order valence-corrected chi connectivity index (χ4v) is 4.47. The molecule has 0 aliphatic carbocycles. The highest BCUT2D eigenvalue weighted by molar-refractivity contribution is 7.99. The van der Waals surface area contributed by atoms with Gasteiger partial charge in [0.15, 0.2) is 0 Å². The van der Waals surface area contributed by atoms with E-state index in [1.54, 1.807) is 0 Å². The molecule has 3 rings (SSSR count). The molecule has 1 spiro atoms. The SMILES string of the molecule is Cc1cc(C)n(C2CCOC3(CCSC3)C2)n1. The molecule has 0 radical (unpaired) electrons. The molecule has 4 heteroatoms. The minimum Gasteiger partial charge on any atom is -0.374 e. The third-order valence-corrected chi connectivity index (χ3v) is 5.15. The van der Waals surface area contributed by atoms with Crippen LogP contribution in [-0.2, 0) is 4.74 Å². The molecule has 2 atom stereocenters. The Morgan fingerprint density at radius 1 is 1.53 bits per heavy atom. The fraction of sp³-hybridized carbons (Fsp3) is 0.769. The number of ether oxygens (including phenoxy) is 1. The van der Waals surface area contributed by atoms with Gasteiger partial charge in [-0.15, -0.1) is 0 Å². The van der Waals surface area contributed by atoms with Gasteiger partial charge in [0, 0.05) is 18.1 Å². The topological polar surface area (TPSA) is 27.1 Å². The molecule has 17 heavy (non-hydrogen) atoms. The van der Waals surface area contributed by atoms with Crippen LogP contribution in [0.25, 0.3) is 0 Å². The monoisotopic (exact) mass is 252 g/mol. The summed E-state index contributed by atoms with van der Waals surface area (Å²) in [5.74, 6) is 2.42. The molecular weight excluding hydrogens is 232 g/mol. The summed E-state index contributed by atoms with van der Waals surface area (Å²) < 4.78 is 8.29. The van der Waals surface area contributed by atoms with E-state index in [2.05, 4.69) is 29.7 Å². The number of aryl methyl sites for hydroxylation is 2. The van der Waals surface area contributed by atoms with E-state index in [0.29, 0.717) is 6.04 Å². The van der Waals surface area contributed by atoms with Gasteiger partial charge < -0.3 is 4.74 Å². The molecule has 0 saturated carbocycles. The van der Waals surface area contributed by atoms with Crippen LogP contribution < -0.4 is 0 Å². The average molecular weight is 252 g/mol. The first-order valence-electron chi connectivity index (χ1n) is 6.43. The second-order valence-electron chi connectivity index (χ2n) is 5.35. The zero-order chi connectivity index (χ0) is 11.9. The van der Waals surface area contributed by atoms with Gasteiger partial charge in [0.25, 0.3) is 0 Å². The summed E-state index contributed by atoms with van der Waals surface area (Å²) in [6.07, 6.45) is 3.46. The maximum atomic E-state index is 6.06. The fourth-order valence-electron chi connectivity index (χ4n) is 3.09. The number of aromatic nitrogens is 2. The number of hydrogen-bond donors (Lipinski definition) is 0. The maximum absolute atomic E-state index is 6.06. The minimum absolute atomic E-state index is 0.153. The first-order chi connectivity index (χ1) is 8.19. The van der Waals surface area contributed by atoms with E-state index in [0.717, 1.165) is 25.1 Å². The van der Waals surface area contributed by atoms with E-state index < -0.39 is 0 Å². The van der Waals surface area contributed by atoms with Crippen molar-refractivity contribution in [2.75, 3.05) is 18.1 Å². The zero-order valence-corrected chi connectivity index (χ0v) is 11.4. The van der Waals surface area contributed by atoms with Crippen molar-refractivity contribution in [1.29, 1.82) is 0 Å². The van der Waals surface area contributed by atoms with Crippen LogP contribution in [0.3, 0.4) is 0 Å². The highest BCUT2D eigenvalue weighted by atomic mass is 32.2. The minimum atomic E-state index is 0.153. The molecule has 2 saturated heterocycles. The van der Waals surface area contributed by atoms with Gasteiger partial charge in [-0.2, -0.15) is 16.9 Å². The molecule has 0 aromatic carbocycles. The smallest absolute Gasteiger partial charge is 0.0800 e. The molecule has 0 amide bonds. The predicted molar refractivity (Wildman–Crippen MR) is 70.6 cm³/mol. The Morgan fingerprint density at radius 3 is 3.06 bits per heavy atom. The Balaban J connectivity index is 1.82. The Hall–Kier alpha value is -0.480. The molecule has 3 nitrogen and oxygen atoms in total. The molecule has 1 aromatic heterocycles. The lowest BCUT2D eigenvalue weighted by molar-refractivity contribution is -0.0781. The van der Waals surface area contributed by atoms with E-state index in [1.165, 1.54) is 23.6 Å². The van der Waals surface area contributed by atoms with Crippen LogP contribution in [0.1, 0.15) is 36.7 Å². The van der Waals surface area contributed by atoms with Crippen molar-refractivity contribution < 1.29 is 4.74 Å². The highest BCUT2D eigenvalue weighted by Crippen LogP contribution is 2.42. The van der Waals surface area contributed by atoms with E-state index in [1.807, 2.05) is 11.8 Å². The summed E-state index contributed by atoms with van der Waals surface area (Å²) >= 11 is 2.03. The van der Waals surface area contributed by atoms with Crippen molar-refractivity contribution in [3.63, 3.8) is 0 Å². The van der Waals surface area contributed by atoms with Gasteiger partial charge in [0.2, 0.25) is 0 Å².